The number of H-pyrrole nitrogens is 1. The fourth-order valence-corrected chi connectivity index (χ4v) is 5.11. The van der Waals surface area contributed by atoms with Gasteiger partial charge in [-0.15, -0.1) is 0 Å². The molecule has 0 aliphatic carbocycles. The van der Waals surface area contributed by atoms with Gasteiger partial charge in [-0.1, -0.05) is 39.0 Å². The van der Waals surface area contributed by atoms with Crippen molar-refractivity contribution in [2.45, 2.75) is 45.5 Å². The maximum atomic E-state index is 6.35. The third-order valence-electron chi connectivity index (χ3n) is 4.14. The van der Waals surface area contributed by atoms with Crippen LogP contribution in [0.1, 0.15) is 26.3 Å². The quantitative estimate of drug-likeness (QED) is 0.750. The molecule has 0 saturated heterocycles. The van der Waals surface area contributed by atoms with Crippen molar-refractivity contribution in [3.63, 3.8) is 0 Å². The topological polar surface area (TPSA) is 25.0 Å². The molecule has 98 valence electrons. The Morgan fingerprint density at radius 2 is 1.72 bits per heavy atom. The first-order chi connectivity index (χ1) is 8.74. The third-order valence-corrected chi connectivity index (χ3v) is 8.76. The Hall–Kier alpha value is -1.06. The summed E-state index contributed by atoms with van der Waals surface area (Å²) in [5.41, 5.74) is 2.49. The fraction of sp³-hybridized carbons (Fsp3) is 0.467. The van der Waals surface area contributed by atoms with Crippen LogP contribution in [-0.2, 0) is 11.0 Å². The zero-order valence-electron chi connectivity index (χ0n) is 11.6. The molecule has 0 aliphatic rings. The van der Waals surface area contributed by atoms with Crippen LogP contribution in [-0.4, -0.2) is 13.3 Å². The van der Waals surface area contributed by atoms with Crippen LogP contribution in [0.2, 0.25) is 18.1 Å². The van der Waals surface area contributed by atoms with Gasteiger partial charge in [0.15, 0.2) is 8.32 Å². The number of aromatic nitrogens is 1. The first-order valence-electron chi connectivity index (χ1n) is 6.93. The zero-order valence-corrected chi connectivity index (χ0v) is 12.6. The van der Waals surface area contributed by atoms with E-state index < -0.39 is 8.32 Å². The molecule has 1 aromatic carbocycles. The van der Waals surface area contributed by atoms with E-state index in [0.29, 0.717) is 0 Å². The lowest BCUT2D eigenvalue weighted by molar-refractivity contribution is 0.289. The van der Waals surface area contributed by atoms with Crippen LogP contribution in [0, 0.1) is 0 Å². The van der Waals surface area contributed by atoms with Crippen LogP contribution >= 0.6 is 0 Å². The smallest absolute Gasteiger partial charge is 0.192 e. The van der Waals surface area contributed by atoms with Crippen molar-refractivity contribution in [2.24, 2.45) is 0 Å². The van der Waals surface area contributed by atoms with Gasteiger partial charge in [0, 0.05) is 22.7 Å². The van der Waals surface area contributed by atoms with Crippen LogP contribution in [0.15, 0.2) is 30.5 Å². The van der Waals surface area contributed by atoms with E-state index in [1.54, 1.807) is 0 Å². The highest BCUT2D eigenvalue weighted by molar-refractivity contribution is 6.73. The molecule has 0 unspecified atom stereocenters. The minimum Gasteiger partial charge on any atom is -0.412 e. The summed E-state index contributed by atoms with van der Waals surface area (Å²) in [4.78, 5) is 3.31. The number of nitrogens with one attached hydrogen (secondary N) is 1. The van der Waals surface area contributed by atoms with Gasteiger partial charge in [0.25, 0.3) is 0 Å². The molecule has 2 nitrogen and oxygen atoms in total. The van der Waals surface area contributed by atoms with Gasteiger partial charge in [0.05, 0.1) is 6.61 Å². The highest BCUT2D eigenvalue weighted by Crippen LogP contribution is 2.25. The molecular weight excluding hydrogens is 238 g/mol. The van der Waals surface area contributed by atoms with Gasteiger partial charge < -0.3 is 9.41 Å². The molecule has 0 spiro atoms. The van der Waals surface area contributed by atoms with E-state index in [4.69, 9.17) is 4.43 Å². The minimum absolute atomic E-state index is 0.756. The van der Waals surface area contributed by atoms with E-state index in [0.717, 1.165) is 6.61 Å². The van der Waals surface area contributed by atoms with Crippen LogP contribution < -0.4 is 0 Å². The molecule has 1 heterocycles. The van der Waals surface area contributed by atoms with Crippen molar-refractivity contribution < 1.29 is 4.43 Å². The van der Waals surface area contributed by atoms with Gasteiger partial charge in [-0.05, 0) is 24.2 Å². The maximum absolute atomic E-state index is 6.35. The van der Waals surface area contributed by atoms with Crippen LogP contribution in [0.5, 0.6) is 0 Å². The Bertz CT molecular complexity index is 494. The highest BCUT2D eigenvalue weighted by Gasteiger charge is 2.28. The van der Waals surface area contributed by atoms with Crippen molar-refractivity contribution in [3.8, 4) is 0 Å². The molecule has 0 atom stereocenters. The summed E-state index contributed by atoms with van der Waals surface area (Å²) >= 11 is 0. The third kappa shape index (κ3) is 2.52. The lowest BCUT2D eigenvalue weighted by Crippen LogP contribution is -2.35. The summed E-state index contributed by atoms with van der Waals surface area (Å²) in [5, 5.41) is 1.30. The largest absolute Gasteiger partial charge is 0.412 e. The maximum Gasteiger partial charge on any atom is 0.192 e. The van der Waals surface area contributed by atoms with Gasteiger partial charge in [0.1, 0.15) is 0 Å². The molecule has 0 saturated carbocycles. The average Bonchev–Trinajstić information content (AvgIpc) is 2.85. The predicted molar refractivity (Wildman–Crippen MR) is 80.3 cm³/mol. The molecule has 0 fully saturated rings. The Balaban J connectivity index is 2.14. The van der Waals surface area contributed by atoms with Crippen LogP contribution in [0.25, 0.3) is 10.9 Å². The van der Waals surface area contributed by atoms with Crippen molar-refractivity contribution in [3.05, 3.63) is 36.0 Å². The molecule has 2 rings (SSSR count). The first-order valence-corrected chi connectivity index (χ1v) is 9.46. The van der Waals surface area contributed by atoms with E-state index in [9.17, 15) is 0 Å². The van der Waals surface area contributed by atoms with Gasteiger partial charge >= 0.3 is 0 Å². The van der Waals surface area contributed by atoms with Crippen LogP contribution in [0.4, 0.5) is 0 Å². The van der Waals surface area contributed by atoms with Gasteiger partial charge in [0.2, 0.25) is 0 Å². The van der Waals surface area contributed by atoms with E-state index >= 15 is 0 Å². The second-order valence-corrected chi connectivity index (χ2v) is 9.67. The molecule has 0 bridgehead atoms. The molecule has 3 heteroatoms. The number of benzene rings is 1. The molecule has 0 radical (unpaired) electrons. The summed E-state index contributed by atoms with van der Waals surface area (Å²) in [7, 11) is -1.47. The van der Waals surface area contributed by atoms with E-state index in [1.807, 2.05) is 0 Å². The lowest BCUT2D eigenvalue weighted by Gasteiger charge is -2.27. The summed E-state index contributed by atoms with van der Waals surface area (Å²) in [6.45, 7) is 7.57. The SMILES string of the molecule is CC[Si](CC)(CC)OCc1c[nH]c2ccccc12. The van der Waals surface area contributed by atoms with E-state index in [1.165, 1.54) is 34.6 Å². The highest BCUT2D eigenvalue weighted by atomic mass is 28.4. The van der Waals surface area contributed by atoms with E-state index in [2.05, 4.69) is 56.2 Å². The Morgan fingerprint density at radius 3 is 2.39 bits per heavy atom. The fourth-order valence-electron chi connectivity index (χ4n) is 2.54. The molecule has 2 aromatic rings. The van der Waals surface area contributed by atoms with Crippen molar-refractivity contribution in [1.29, 1.82) is 0 Å². The van der Waals surface area contributed by atoms with Crippen LogP contribution in [0.3, 0.4) is 0 Å². The molecular formula is C15H23NOSi. The van der Waals surface area contributed by atoms with Gasteiger partial charge in [-0.3, -0.25) is 0 Å². The summed E-state index contributed by atoms with van der Waals surface area (Å²) in [6.07, 6.45) is 2.09. The Morgan fingerprint density at radius 1 is 1.06 bits per heavy atom. The molecule has 1 N–H and O–H groups in total. The van der Waals surface area contributed by atoms with E-state index in [-0.39, 0.29) is 0 Å². The zero-order chi connectivity index (χ0) is 13.0. The summed E-state index contributed by atoms with van der Waals surface area (Å²) < 4.78 is 6.35. The normalized spacial score (nSPS) is 12.2. The standard InChI is InChI=1S/C15H23NOSi/c1-4-18(5-2,6-3)17-12-13-11-16-15-10-8-7-9-14(13)15/h7-11,16H,4-6,12H2,1-3H3. The van der Waals surface area contributed by atoms with Gasteiger partial charge in [-0.2, -0.15) is 0 Å². The molecule has 1 aromatic heterocycles. The summed E-state index contributed by atoms with van der Waals surface area (Å²) in [6, 6.07) is 12.1. The lowest BCUT2D eigenvalue weighted by atomic mass is 10.2. The summed E-state index contributed by atoms with van der Waals surface area (Å²) in [5.74, 6) is 0. The number of hydrogen-bond donors (Lipinski definition) is 1. The van der Waals surface area contributed by atoms with Crippen molar-refractivity contribution in [1.82, 2.24) is 4.98 Å². The van der Waals surface area contributed by atoms with Gasteiger partial charge in [-0.25, -0.2) is 0 Å². The number of fused-ring (bicyclic) bond motifs is 1. The van der Waals surface area contributed by atoms with Crippen molar-refractivity contribution in [2.75, 3.05) is 0 Å². The Kier molecular flexibility index (Phi) is 4.25. The second kappa shape index (κ2) is 5.72. The molecule has 18 heavy (non-hydrogen) atoms. The monoisotopic (exact) mass is 261 g/mol. The molecule has 0 amide bonds. The Labute approximate surface area is 110 Å². The predicted octanol–water partition coefficient (Wildman–Crippen LogP) is 4.69. The average molecular weight is 261 g/mol. The number of rotatable bonds is 6. The number of aromatic amines is 1. The first kappa shape index (κ1) is 13.4. The number of para-hydroxylation sites is 1. The molecule has 0 aliphatic heterocycles. The number of hydrogen-bond acceptors (Lipinski definition) is 1. The second-order valence-electron chi connectivity index (χ2n) is 4.89. The van der Waals surface area contributed by atoms with Crippen molar-refractivity contribution >= 4 is 19.2 Å². The minimum atomic E-state index is -1.47.